The Morgan fingerprint density at radius 1 is 0.514 bits per heavy atom. The fourth-order valence-electron chi connectivity index (χ4n) is 3.18. The molecule has 0 saturated heterocycles. The molecular weight excluding hydrogens is 529 g/mol. The Labute approximate surface area is 207 Å². The molecule has 216 valence electrons. The van der Waals surface area contributed by atoms with Gasteiger partial charge in [-0.15, -0.1) is 0 Å². The summed E-state index contributed by atoms with van der Waals surface area (Å²) in [5, 5.41) is 0. The van der Waals surface area contributed by atoms with Gasteiger partial charge in [-0.1, -0.05) is 13.3 Å². The number of alkyl halides is 9. The van der Waals surface area contributed by atoms with Crippen molar-refractivity contribution in [2.45, 2.75) is 70.9 Å². The third-order valence-electron chi connectivity index (χ3n) is 5.07. The summed E-state index contributed by atoms with van der Waals surface area (Å²) in [5.41, 5.74) is 0. The van der Waals surface area contributed by atoms with E-state index < -0.39 is 87.6 Å². The largest absolute Gasteiger partial charge is 0.471 e. The number of nitrogens with zero attached hydrogens (tertiary/aromatic N) is 3. The van der Waals surface area contributed by atoms with E-state index in [1.54, 1.807) is 6.92 Å². The number of amides is 3. The van der Waals surface area contributed by atoms with E-state index in [0.29, 0.717) is 11.3 Å². The van der Waals surface area contributed by atoms with Crippen molar-refractivity contribution in [1.82, 2.24) is 14.7 Å². The number of hydrogen-bond donors (Lipinski definition) is 0. The zero-order valence-electron chi connectivity index (χ0n) is 20.4. The van der Waals surface area contributed by atoms with Crippen LogP contribution < -0.4 is 0 Å². The zero-order valence-corrected chi connectivity index (χ0v) is 20.4. The standard InChI is InChI=1S/C21H30F9N3O4/c1-3-4-9-31(16(35)19(22,23)24)10-5-6-11-32(17(36)20(25,26)27)12-7-13-33(14-8-15(2)34)18(37)21(28,29)30/h3-14H2,1-2H3. The quantitative estimate of drug-likeness (QED) is 0.224. The Balaban J connectivity index is 5.21. The van der Waals surface area contributed by atoms with Gasteiger partial charge in [-0.3, -0.25) is 19.2 Å². The summed E-state index contributed by atoms with van der Waals surface area (Å²) < 4.78 is 116. The highest BCUT2D eigenvalue weighted by molar-refractivity contribution is 5.83. The van der Waals surface area contributed by atoms with Gasteiger partial charge in [-0.2, -0.15) is 39.5 Å². The highest BCUT2D eigenvalue weighted by Crippen LogP contribution is 2.22. The maximum Gasteiger partial charge on any atom is 0.471 e. The van der Waals surface area contributed by atoms with Gasteiger partial charge in [0.2, 0.25) is 0 Å². The minimum absolute atomic E-state index is 0.176. The highest BCUT2D eigenvalue weighted by atomic mass is 19.4. The molecule has 0 unspecified atom stereocenters. The summed E-state index contributed by atoms with van der Waals surface area (Å²) in [6, 6.07) is 0. The van der Waals surface area contributed by atoms with E-state index in [0.717, 1.165) is 6.92 Å². The van der Waals surface area contributed by atoms with Crippen LogP contribution in [0, 0.1) is 0 Å². The van der Waals surface area contributed by atoms with Crippen molar-refractivity contribution in [3.8, 4) is 0 Å². The summed E-state index contributed by atoms with van der Waals surface area (Å²) in [5.74, 6) is -7.21. The number of unbranched alkanes of at least 4 members (excludes halogenated alkanes) is 2. The smallest absolute Gasteiger partial charge is 0.335 e. The lowest BCUT2D eigenvalue weighted by Crippen LogP contribution is -2.45. The Morgan fingerprint density at radius 3 is 1.11 bits per heavy atom. The first-order chi connectivity index (χ1) is 16.8. The first kappa shape index (κ1) is 34.5. The molecule has 0 fully saturated rings. The average molecular weight is 559 g/mol. The Bertz CT molecular complexity index is 768. The first-order valence-electron chi connectivity index (χ1n) is 11.4. The lowest BCUT2D eigenvalue weighted by atomic mass is 10.2. The van der Waals surface area contributed by atoms with Gasteiger partial charge in [-0.05, 0) is 32.6 Å². The number of rotatable bonds is 15. The van der Waals surface area contributed by atoms with Crippen LogP contribution in [0.15, 0.2) is 0 Å². The van der Waals surface area contributed by atoms with Gasteiger partial charge in [0.1, 0.15) is 5.78 Å². The number of ketones is 1. The second-order valence-electron chi connectivity index (χ2n) is 8.24. The molecule has 37 heavy (non-hydrogen) atoms. The van der Waals surface area contributed by atoms with E-state index >= 15 is 0 Å². The van der Waals surface area contributed by atoms with Gasteiger partial charge in [0.15, 0.2) is 0 Å². The van der Waals surface area contributed by atoms with Gasteiger partial charge in [0.05, 0.1) is 0 Å². The summed E-state index contributed by atoms with van der Waals surface area (Å²) in [7, 11) is 0. The summed E-state index contributed by atoms with van der Waals surface area (Å²) >= 11 is 0. The summed E-state index contributed by atoms with van der Waals surface area (Å²) in [6.45, 7) is -0.511. The normalized spacial score (nSPS) is 12.3. The topological polar surface area (TPSA) is 78.0 Å². The van der Waals surface area contributed by atoms with Crippen LogP contribution in [0.25, 0.3) is 0 Å². The van der Waals surface area contributed by atoms with Crippen molar-refractivity contribution in [3.63, 3.8) is 0 Å². The van der Waals surface area contributed by atoms with Gasteiger partial charge in [0, 0.05) is 45.7 Å². The van der Waals surface area contributed by atoms with Crippen molar-refractivity contribution in [3.05, 3.63) is 0 Å². The first-order valence-corrected chi connectivity index (χ1v) is 11.4. The highest BCUT2D eigenvalue weighted by Gasteiger charge is 2.44. The molecule has 0 aromatic heterocycles. The molecule has 0 aliphatic carbocycles. The molecule has 0 heterocycles. The lowest BCUT2D eigenvalue weighted by Gasteiger charge is -2.28. The number of halogens is 9. The number of Topliss-reactive ketones (excluding diaryl/α,β-unsaturated/α-hetero) is 1. The van der Waals surface area contributed by atoms with Crippen molar-refractivity contribution in [2.24, 2.45) is 0 Å². The van der Waals surface area contributed by atoms with Crippen LogP contribution in [0.1, 0.15) is 52.4 Å². The van der Waals surface area contributed by atoms with Gasteiger partial charge >= 0.3 is 36.3 Å². The molecule has 0 aliphatic rings. The third-order valence-corrected chi connectivity index (χ3v) is 5.07. The maximum atomic E-state index is 13.0. The van der Waals surface area contributed by atoms with Crippen LogP contribution in [0.3, 0.4) is 0 Å². The van der Waals surface area contributed by atoms with Crippen LogP contribution in [-0.4, -0.2) is 96.0 Å². The predicted octanol–water partition coefficient (Wildman–Crippen LogP) is 4.11. The lowest BCUT2D eigenvalue weighted by molar-refractivity contribution is -0.187. The van der Waals surface area contributed by atoms with E-state index in [2.05, 4.69) is 0 Å². The van der Waals surface area contributed by atoms with Crippen molar-refractivity contribution in [2.75, 3.05) is 39.3 Å². The van der Waals surface area contributed by atoms with Crippen molar-refractivity contribution < 1.29 is 58.7 Å². The fraction of sp³-hybridized carbons (Fsp3) is 0.810. The Kier molecular flexibility index (Phi) is 14.0. The number of carbonyl (C=O) groups excluding carboxylic acids is 4. The average Bonchev–Trinajstić information content (AvgIpc) is 2.75. The van der Waals surface area contributed by atoms with E-state index in [4.69, 9.17) is 0 Å². The Morgan fingerprint density at radius 2 is 0.811 bits per heavy atom. The van der Waals surface area contributed by atoms with E-state index in [1.165, 1.54) is 0 Å². The van der Waals surface area contributed by atoms with Crippen LogP contribution >= 0.6 is 0 Å². The molecule has 0 aliphatic heterocycles. The van der Waals surface area contributed by atoms with E-state index in [-0.39, 0.29) is 35.6 Å². The predicted molar refractivity (Wildman–Crippen MR) is 112 cm³/mol. The minimum Gasteiger partial charge on any atom is -0.335 e. The van der Waals surface area contributed by atoms with Crippen LogP contribution in [0.5, 0.6) is 0 Å². The summed E-state index contributed by atoms with van der Waals surface area (Å²) in [4.78, 5) is 46.9. The number of carbonyl (C=O) groups is 4. The van der Waals surface area contributed by atoms with E-state index in [9.17, 15) is 58.7 Å². The second-order valence-corrected chi connectivity index (χ2v) is 8.24. The number of hydrogen-bond acceptors (Lipinski definition) is 4. The second kappa shape index (κ2) is 15.0. The maximum absolute atomic E-state index is 13.0. The SMILES string of the molecule is CCCCN(CCCCN(CCCN(CCC(C)=O)C(=O)C(F)(F)F)C(=O)C(F)(F)F)C(=O)C(F)(F)F. The minimum atomic E-state index is -5.32. The Hall–Kier alpha value is -2.55. The zero-order chi connectivity index (χ0) is 29.0. The van der Waals surface area contributed by atoms with E-state index in [1.807, 2.05) is 0 Å². The van der Waals surface area contributed by atoms with Crippen LogP contribution in [0.4, 0.5) is 39.5 Å². The van der Waals surface area contributed by atoms with Gasteiger partial charge in [-0.25, -0.2) is 0 Å². The molecule has 0 saturated carbocycles. The van der Waals surface area contributed by atoms with Crippen molar-refractivity contribution >= 4 is 23.5 Å². The molecule has 0 aromatic carbocycles. The molecule has 3 amide bonds. The molecule has 0 rings (SSSR count). The molecule has 0 bridgehead atoms. The van der Waals surface area contributed by atoms with Crippen LogP contribution in [-0.2, 0) is 19.2 Å². The molecular formula is C21H30F9N3O4. The third kappa shape index (κ3) is 13.5. The molecule has 7 nitrogen and oxygen atoms in total. The van der Waals surface area contributed by atoms with Gasteiger partial charge < -0.3 is 14.7 Å². The van der Waals surface area contributed by atoms with Gasteiger partial charge in [0.25, 0.3) is 0 Å². The molecule has 0 N–H and O–H groups in total. The monoisotopic (exact) mass is 559 g/mol. The molecule has 0 atom stereocenters. The van der Waals surface area contributed by atoms with Crippen molar-refractivity contribution in [1.29, 1.82) is 0 Å². The molecule has 0 spiro atoms. The van der Waals surface area contributed by atoms with Crippen LogP contribution in [0.2, 0.25) is 0 Å². The molecule has 0 aromatic rings. The summed E-state index contributed by atoms with van der Waals surface area (Å²) in [6.07, 6.45) is -16.3. The molecule has 16 heteroatoms. The fourth-order valence-corrected chi connectivity index (χ4v) is 3.18. The molecule has 0 radical (unpaired) electrons.